The third-order valence-corrected chi connectivity index (χ3v) is 7.78. The van der Waals surface area contributed by atoms with Crippen molar-refractivity contribution >= 4 is 41.3 Å². The molecule has 0 aliphatic carbocycles. The lowest BCUT2D eigenvalue weighted by Crippen LogP contribution is -2.53. The van der Waals surface area contributed by atoms with Crippen LogP contribution in [0, 0.1) is 0 Å². The van der Waals surface area contributed by atoms with Gasteiger partial charge in [0.25, 0.3) is 0 Å². The van der Waals surface area contributed by atoms with E-state index in [2.05, 4.69) is 82.2 Å². The summed E-state index contributed by atoms with van der Waals surface area (Å²) in [5.74, 6) is 0.940. The molecule has 2 fully saturated rings. The molecule has 1 aromatic heterocycles. The average Bonchev–Trinajstić information content (AvgIpc) is 3.34. The summed E-state index contributed by atoms with van der Waals surface area (Å²) in [6.07, 6.45) is 5.07. The quantitative estimate of drug-likeness (QED) is 0.309. The van der Waals surface area contributed by atoms with Crippen molar-refractivity contribution in [1.29, 1.82) is 0 Å². The molecule has 6 heteroatoms. The van der Waals surface area contributed by atoms with Crippen molar-refractivity contribution < 1.29 is 0 Å². The number of aliphatic imine (C=N–C) groups is 1. The largest absolute Gasteiger partial charge is 0.356 e. The van der Waals surface area contributed by atoms with Crippen LogP contribution < -0.4 is 10.6 Å². The molecular weight excluding hydrogens is 503 g/mol. The van der Waals surface area contributed by atoms with Gasteiger partial charge < -0.3 is 10.6 Å². The Labute approximate surface area is 202 Å². The van der Waals surface area contributed by atoms with E-state index in [0.717, 1.165) is 19.0 Å². The van der Waals surface area contributed by atoms with Crippen molar-refractivity contribution in [2.45, 2.75) is 69.6 Å². The first-order valence-electron chi connectivity index (χ1n) is 10.9. The van der Waals surface area contributed by atoms with Crippen molar-refractivity contribution in [2.24, 2.45) is 4.99 Å². The van der Waals surface area contributed by atoms with E-state index in [1.54, 1.807) is 0 Å². The van der Waals surface area contributed by atoms with Gasteiger partial charge in [-0.15, -0.1) is 35.3 Å². The van der Waals surface area contributed by atoms with Gasteiger partial charge in [-0.3, -0.25) is 9.89 Å². The molecular formula is C24H35IN4S. The van der Waals surface area contributed by atoms with Gasteiger partial charge in [0.05, 0.1) is 0 Å². The summed E-state index contributed by atoms with van der Waals surface area (Å²) in [4.78, 5) is 8.66. The standard InChI is InChI=1S/C24H34N4S.HI/c1-24(2,22-10-7-13-29-22)17-26-23(25-3)27-19-14-20-11-12-21(15-19)28(20)16-18-8-5-4-6-9-18;/h4-10,13,19-21H,11-12,14-17H2,1-3H3,(H2,25,26,27);1H. The fraction of sp³-hybridized carbons (Fsp3) is 0.542. The van der Waals surface area contributed by atoms with Gasteiger partial charge in [0, 0.05) is 48.6 Å². The van der Waals surface area contributed by atoms with Gasteiger partial charge in [0.2, 0.25) is 0 Å². The smallest absolute Gasteiger partial charge is 0.191 e. The lowest BCUT2D eigenvalue weighted by Gasteiger charge is -2.40. The SMILES string of the molecule is CN=C(NCC(C)(C)c1cccs1)NC1CC2CCC(C1)N2Cc1ccccc1.I. The Morgan fingerprint density at radius 2 is 1.80 bits per heavy atom. The molecule has 2 aliphatic heterocycles. The molecule has 2 unspecified atom stereocenters. The Balaban J connectivity index is 0.00000256. The number of fused-ring (bicyclic) bond motifs is 2. The summed E-state index contributed by atoms with van der Waals surface area (Å²) >= 11 is 1.83. The van der Waals surface area contributed by atoms with Crippen molar-refractivity contribution in [3.05, 3.63) is 58.3 Å². The Hall–Kier alpha value is -1.12. The number of halogens is 1. The number of rotatable bonds is 6. The van der Waals surface area contributed by atoms with E-state index in [4.69, 9.17) is 0 Å². The molecule has 0 amide bonds. The molecule has 4 nitrogen and oxygen atoms in total. The minimum atomic E-state index is 0. The van der Waals surface area contributed by atoms with Crippen LogP contribution in [0.4, 0.5) is 0 Å². The summed E-state index contributed by atoms with van der Waals surface area (Å²) in [6.45, 7) is 6.56. The number of thiophene rings is 1. The molecule has 0 saturated carbocycles. The number of hydrogen-bond acceptors (Lipinski definition) is 3. The first-order valence-corrected chi connectivity index (χ1v) is 11.7. The Morgan fingerprint density at radius 3 is 2.40 bits per heavy atom. The van der Waals surface area contributed by atoms with Gasteiger partial charge in [0.1, 0.15) is 0 Å². The summed E-state index contributed by atoms with van der Waals surface area (Å²) in [5, 5.41) is 9.46. The molecule has 0 radical (unpaired) electrons. The fourth-order valence-electron chi connectivity index (χ4n) is 4.89. The molecule has 30 heavy (non-hydrogen) atoms. The Bertz CT molecular complexity index is 792. The van der Waals surface area contributed by atoms with Crippen LogP contribution in [0.5, 0.6) is 0 Å². The highest BCUT2D eigenvalue weighted by Crippen LogP contribution is 2.36. The summed E-state index contributed by atoms with van der Waals surface area (Å²) in [5.41, 5.74) is 1.54. The van der Waals surface area contributed by atoms with E-state index >= 15 is 0 Å². The highest BCUT2D eigenvalue weighted by Gasteiger charge is 2.40. The van der Waals surface area contributed by atoms with E-state index in [1.165, 1.54) is 36.1 Å². The zero-order valence-electron chi connectivity index (χ0n) is 18.3. The Morgan fingerprint density at radius 1 is 1.10 bits per heavy atom. The van der Waals surface area contributed by atoms with E-state index in [9.17, 15) is 0 Å². The number of benzene rings is 1. The zero-order chi connectivity index (χ0) is 20.3. The van der Waals surface area contributed by atoms with Gasteiger partial charge in [-0.2, -0.15) is 0 Å². The van der Waals surface area contributed by atoms with Crippen LogP contribution in [-0.2, 0) is 12.0 Å². The van der Waals surface area contributed by atoms with E-state index in [1.807, 2.05) is 18.4 Å². The molecule has 2 aromatic rings. The van der Waals surface area contributed by atoms with Crippen LogP contribution in [0.25, 0.3) is 0 Å². The third-order valence-electron chi connectivity index (χ3n) is 6.54. The number of nitrogens with one attached hydrogen (secondary N) is 2. The van der Waals surface area contributed by atoms with E-state index in [0.29, 0.717) is 18.1 Å². The number of piperidine rings is 1. The number of nitrogens with zero attached hydrogens (tertiary/aromatic N) is 2. The molecule has 3 heterocycles. The highest BCUT2D eigenvalue weighted by atomic mass is 127. The second-order valence-corrected chi connectivity index (χ2v) is 10.1. The molecule has 0 spiro atoms. The van der Waals surface area contributed by atoms with E-state index in [-0.39, 0.29) is 29.4 Å². The molecule has 2 N–H and O–H groups in total. The predicted molar refractivity (Wildman–Crippen MR) is 139 cm³/mol. The van der Waals surface area contributed by atoms with Crippen LogP contribution in [-0.4, -0.2) is 42.6 Å². The van der Waals surface area contributed by atoms with Gasteiger partial charge in [-0.1, -0.05) is 50.2 Å². The lowest BCUT2D eigenvalue weighted by molar-refractivity contribution is 0.114. The third kappa shape index (κ3) is 5.56. The molecule has 164 valence electrons. The van der Waals surface area contributed by atoms with Crippen molar-refractivity contribution in [3.63, 3.8) is 0 Å². The van der Waals surface area contributed by atoms with Crippen LogP contribution in [0.15, 0.2) is 52.8 Å². The Kier molecular flexibility index (Phi) is 8.21. The lowest BCUT2D eigenvalue weighted by atomic mass is 9.91. The number of guanidine groups is 1. The van der Waals surface area contributed by atoms with Crippen molar-refractivity contribution in [2.75, 3.05) is 13.6 Å². The van der Waals surface area contributed by atoms with E-state index < -0.39 is 0 Å². The maximum absolute atomic E-state index is 4.51. The first kappa shape index (κ1) is 23.5. The van der Waals surface area contributed by atoms with Gasteiger partial charge in [-0.25, -0.2) is 0 Å². The van der Waals surface area contributed by atoms with Gasteiger partial charge >= 0.3 is 0 Å². The molecule has 2 saturated heterocycles. The van der Waals surface area contributed by atoms with Crippen LogP contribution in [0.3, 0.4) is 0 Å². The maximum atomic E-state index is 4.51. The first-order chi connectivity index (χ1) is 14.0. The van der Waals surface area contributed by atoms with Crippen LogP contribution in [0.1, 0.15) is 50.0 Å². The minimum absolute atomic E-state index is 0. The average molecular weight is 539 g/mol. The second kappa shape index (κ2) is 10.5. The summed E-state index contributed by atoms with van der Waals surface area (Å²) in [7, 11) is 1.88. The molecule has 4 rings (SSSR count). The highest BCUT2D eigenvalue weighted by molar-refractivity contribution is 14.0. The normalized spacial score (nSPS) is 24.4. The van der Waals surface area contributed by atoms with Crippen molar-refractivity contribution in [3.8, 4) is 0 Å². The molecule has 1 aromatic carbocycles. The monoisotopic (exact) mass is 538 g/mol. The second-order valence-electron chi connectivity index (χ2n) is 9.14. The van der Waals surface area contributed by atoms with Crippen LogP contribution in [0.2, 0.25) is 0 Å². The maximum Gasteiger partial charge on any atom is 0.191 e. The molecule has 2 atom stereocenters. The van der Waals surface area contributed by atoms with Crippen LogP contribution >= 0.6 is 35.3 Å². The minimum Gasteiger partial charge on any atom is -0.356 e. The molecule has 2 bridgehead atoms. The zero-order valence-corrected chi connectivity index (χ0v) is 21.5. The summed E-state index contributed by atoms with van der Waals surface area (Å²) < 4.78 is 0. The topological polar surface area (TPSA) is 39.7 Å². The summed E-state index contributed by atoms with van der Waals surface area (Å²) in [6, 6.07) is 17.2. The molecule has 2 aliphatic rings. The van der Waals surface area contributed by atoms with Gasteiger partial charge in [-0.05, 0) is 42.7 Å². The predicted octanol–water partition coefficient (Wildman–Crippen LogP) is 5.00. The fourth-order valence-corrected chi connectivity index (χ4v) is 5.74. The van der Waals surface area contributed by atoms with Crippen molar-refractivity contribution in [1.82, 2.24) is 15.5 Å². The number of hydrogen-bond donors (Lipinski definition) is 2. The van der Waals surface area contributed by atoms with Gasteiger partial charge in [0.15, 0.2) is 5.96 Å².